The third kappa shape index (κ3) is 4.05. The van der Waals surface area contributed by atoms with E-state index in [0.29, 0.717) is 5.56 Å². The van der Waals surface area contributed by atoms with Gasteiger partial charge in [0, 0.05) is 22.4 Å². The van der Waals surface area contributed by atoms with Crippen molar-refractivity contribution in [3.05, 3.63) is 70.2 Å². The SMILES string of the molecule is O=C(CC(c1ccc(Br)cc1)C1C(=O)NC(=S)NC1=O)c1ccccc1. The van der Waals surface area contributed by atoms with E-state index < -0.39 is 23.7 Å². The summed E-state index contributed by atoms with van der Waals surface area (Å²) in [5, 5.41) is 4.94. The molecule has 0 saturated carbocycles. The smallest absolute Gasteiger partial charge is 0.239 e. The zero-order valence-corrected chi connectivity index (χ0v) is 16.0. The van der Waals surface area contributed by atoms with Gasteiger partial charge < -0.3 is 10.6 Å². The van der Waals surface area contributed by atoms with Crippen molar-refractivity contribution in [2.75, 3.05) is 0 Å². The van der Waals surface area contributed by atoms with E-state index in [1.165, 1.54) is 0 Å². The minimum absolute atomic E-state index is 0.0137. The summed E-state index contributed by atoms with van der Waals surface area (Å²) in [6.07, 6.45) is 0.0317. The van der Waals surface area contributed by atoms with Crippen molar-refractivity contribution in [3.63, 3.8) is 0 Å². The lowest BCUT2D eigenvalue weighted by molar-refractivity contribution is -0.136. The fraction of sp³-hybridized carbons (Fsp3) is 0.158. The summed E-state index contributed by atoms with van der Waals surface area (Å²) in [6.45, 7) is 0. The molecule has 0 aliphatic carbocycles. The van der Waals surface area contributed by atoms with Gasteiger partial charge in [0.1, 0.15) is 5.92 Å². The molecule has 2 N–H and O–H groups in total. The molecule has 26 heavy (non-hydrogen) atoms. The van der Waals surface area contributed by atoms with Gasteiger partial charge in [-0.3, -0.25) is 14.4 Å². The second-order valence-electron chi connectivity index (χ2n) is 5.94. The van der Waals surface area contributed by atoms with Gasteiger partial charge >= 0.3 is 0 Å². The summed E-state index contributed by atoms with van der Waals surface area (Å²) in [5.41, 5.74) is 1.28. The molecule has 1 atom stereocenters. The van der Waals surface area contributed by atoms with Crippen LogP contribution < -0.4 is 10.6 Å². The second kappa shape index (κ2) is 7.88. The first-order valence-electron chi connectivity index (χ1n) is 7.95. The number of hydrogen-bond donors (Lipinski definition) is 2. The molecule has 2 aromatic rings. The Kier molecular flexibility index (Phi) is 5.58. The molecule has 1 aliphatic heterocycles. The highest BCUT2D eigenvalue weighted by molar-refractivity contribution is 9.10. The number of carbonyl (C=O) groups excluding carboxylic acids is 3. The van der Waals surface area contributed by atoms with Crippen LogP contribution in [-0.4, -0.2) is 22.7 Å². The van der Waals surface area contributed by atoms with Gasteiger partial charge in [-0.25, -0.2) is 0 Å². The standard InChI is InChI=1S/C19H15BrN2O3S/c20-13-8-6-11(7-9-13)14(10-15(23)12-4-2-1-3-5-12)16-17(24)21-19(26)22-18(16)25/h1-9,14,16H,10H2,(H2,21,22,24,25,26). The topological polar surface area (TPSA) is 75.3 Å². The van der Waals surface area contributed by atoms with Crippen molar-refractivity contribution in [3.8, 4) is 0 Å². The number of nitrogens with one attached hydrogen (secondary N) is 2. The molecule has 1 saturated heterocycles. The molecule has 0 bridgehead atoms. The summed E-state index contributed by atoms with van der Waals surface area (Å²) in [4.78, 5) is 37.6. The first-order valence-corrected chi connectivity index (χ1v) is 9.15. The predicted molar refractivity (Wildman–Crippen MR) is 105 cm³/mol. The Morgan fingerprint density at radius 3 is 2.15 bits per heavy atom. The highest BCUT2D eigenvalue weighted by Crippen LogP contribution is 2.32. The van der Waals surface area contributed by atoms with Gasteiger partial charge in [-0.1, -0.05) is 58.4 Å². The zero-order valence-electron chi connectivity index (χ0n) is 13.6. The third-order valence-corrected chi connectivity index (χ3v) is 4.97. The van der Waals surface area contributed by atoms with E-state index in [4.69, 9.17) is 12.2 Å². The molecule has 2 aromatic carbocycles. The van der Waals surface area contributed by atoms with Crippen molar-refractivity contribution >= 4 is 50.9 Å². The lowest BCUT2D eigenvalue weighted by Gasteiger charge is -2.29. The number of rotatable bonds is 5. The number of benzene rings is 2. The summed E-state index contributed by atoms with van der Waals surface area (Å²) in [6, 6.07) is 16.1. The van der Waals surface area contributed by atoms with Crippen molar-refractivity contribution < 1.29 is 14.4 Å². The summed E-state index contributed by atoms with van der Waals surface area (Å²) < 4.78 is 0.869. The summed E-state index contributed by atoms with van der Waals surface area (Å²) in [7, 11) is 0. The van der Waals surface area contributed by atoms with E-state index in [0.717, 1.165) is 10.0 Å². The van der Waals surface area contributed by atoms with Crippen LogP contribution in [0.15, 0.2) is 59.1 Å². The maximum Gasteiger partial charge on any atom is 0.239 e. The number of Topliss-reactive ketones (excluding diaryl/α,β-unsaturated/α-hetero) is 1. The minimum Gasteiger partial charge on any atom is -0.302 e. The monoisotopic (exact) mass is 430 g/mol. The van der Waals surface area contributed by atoms with Crippen LogP contribution in [0.3, 0.4) is 0 Å². The quantitative estimate of drug-likeness (QED) is 0.434. The van der Waals surface area contributed by atoms with Crippen LogP contribution in [0.1, 0.15) is 28.3 Å². The van der Waals surface area contributed by atoms with Crippen LogP contribution in [0.5, 0.6) is 0 Å². The molecular formula is C19H15BrN2O3S. The van der Waals surface area contributed by atoms with E-state index in [9.17, 15) is 14.4 Å². The third-order valence-electron chi connectivity index (χ3n) is 4.24. The molecule has 0 spiro atoms. The molecule has 1 unspecified atom stereocenters. The fourth-order valence-electron chi connectivity index (χ4n) is 2.97. The first kappa shape index (κ1) is 18.4. The number of ketones is 1. The molecule has 2 amide bonds. The number of hydrogen-bond acceptors (Lipinski definition) is 4. The van der Waals surface area contributed by atoms with Crippen molar-refractivity contribution in [1.82, 2.24) is 10.6 Å². The van der Waals surface area contributed by atoms with Crippen LogP contribution >= 0.6 is 28.1 Å². The van der Waals surface area contributed by atoms with Gasteiger partial charge in [-0.2, -0.15) is 0 Å². The second-order valence-corrected chi connectivity index (χ2v) is 7.26. The van der Waals surface area contributed by atoms with E-state index in [-0.39, 0.29) is 17.3 Å². The summed E-state index contributed by atoms with van der Waals surface area (Å²) in [5.74, 6) is -2.75. The number of carbonyl (C=O) groups is 3. The Bertz CT molecular complexity index is 848. The average molecular weight is 431 g/mol. The minimum atomic E-state index is -1.03. The van der Waals surface area contributed by atoms with Crippen molar-refractivity contribution in [1.29, 1.82) is 0 Å². The molecule has 3 rings (SSSR count). The van der Waals surface area contributed by atoms with E-state index in [1.54, 1.807) is 36.4 Å². The van der Waals surface area contributed by atoms with Crippen LogP contribution in [0.25, 0.3) is 0 Å². The molecule has 1 fully saturated rings. The number of thiocarbonyl (C=S) groups is 1. The number of halogens is 1. The highest BCUT2D eigenvalue weighted by Gasteiger charge is 2.40. The van der Waals surface area contributed by atoms with Gasteiger partial charge in [0.25, 0.3) is 0 Å². The van der Waals surface area contributed by atoms with Gasteiger partial charge in [0.2, 0.25) is 11.8 Å². The number of amides is 2. The van der Waals surface area contributed by atoms with Gasteiger partial charge in [0.05, 0.1) is 0 Å². The van der Waals surface area contributed by atoms with Gasteiger partial charge in [-0.15, -0.1) is 0 Å². The van der Waals surface area contributed by atoms with E-state index in [1.807, 2.05) is 18.2 Å². The molecule has 1 aliphatic rings. The Labute approximate surface area is 164 Å². The van der Waals surface area contributed by atoms with Crippen LogP contribution in [0.4, 0.5) is 0 Å². The van der Waals surface area contributed by atoms with E-state index >= 15 is 0 Å². The maximum atomic E-state index is 12.7. The lowest BCUT2D eigenvalue weighted by atomic mass is 9.80. The van der Waals surface area contributed by atoms with Crippen LogP contribution in [-0.2, 0) is 9.59 Å². The summed E-state index contributed by atoms with van der Waals surface area (Å²) >= 11 is 8.23. The van der Waals surface area contributed by atoms with Crippen LogP contribution in [0.2, 0.25) is 0 Å². The van der Waals surface area contributed by atoms with E-state index in [2.05, 4.69) is 26.6 Å². The zero-order chi connectivity index (χ0) is 18.7. The normalized spacial score (nSPS) is 16.0. The molecule has 0 radical (unpaired) electrons. The Balaban J connectivity index is 1.95. The average Bonchev–Trinajstić information content (AvgIpc) is 2.61. The molecule has 1 heterocycles. The Morgan fingerprint density at radius 1 is 1.00 bits per heavy atom. The molecule has 0 aromatic heterocycles. The van der Waals surface area contributed by atoms with Crippen LogP contribution in [0, 0.1) is 5.92 Å². The largest absolute Gasteiger partial charge is 0.302 e. The molecular weight excluding hydrogens is 416 g/mol. The van der Waals surface area contributed by atoms with Crippen molar-refractivity contribution in [2.45, 2.75) is 12.3 Å². The Hall–Kier alpha value is -2.38. The molecule has 5 nitrogen and oxygen atoms in total. The molecule has 132 valence electrons. The predicted octanol–water partition coefficient (Wildman–Crippen LogP) is 2.95. The fourth-order valence-corrected chi connectivity index (χ4v) is 3.44. The Morgan fingerprint density at radius 2 is 1.58 bits per heavy atom. The highest BCUT2D eigenvalue weighted by atomic mass is 79.9. The van der Waals surface area contributed by atoms with Crippen molar-refractivity contribution in [2.24, 2.45) is 5.92 Å². The maximum absolute atomic E-state index is 12.7. The van der Waals surface area contributed by atoms with Gasteiger partial charge in [-0.05, 0) is 29.9 Å². The van der Waals surface area contributed by atoms with Gasteiger partial charge in [0.15, 0.2) is 10.9 Å². The first-order chi connectivity index (χ1) is 12.5. The lowest BCUT2D eigenvalue weighted by Crippen LogP contribution is -2.57. The molecule has 7 heteroatoms.